The van der Waals surface area contributed by atoms with E-state index in [4.69, 9.17) is 0 Å². The fourth-order valence-electron chi connectivity index (χ4n) is 3.91. The summed E-state index contributed by atoms with van der Waals surface area (Å²) in [5.41, 5.74) is 0.807. The molecule has 1 aliphatic heterocycles. The molecule has 0 radical (unpaired) electrons. The minimum absolute atomic E-state index is 0.109. The minimum atomic E-state index is -2.65. The molecule has 4 rings (SSSR count). The number of piperazine rings is 1. The van der Waals surface area contributed by atoms with Crippen molar-refractivity contribution in [2.45, 2.75) is 12.8 Å². The third-order valence-electron chi connectivity index (χ3n) is 5.67. The molecule has 0 atom stereocenters. The highest BCUT2D eigenvalue weighted by molar-refractivity contribution is 5.95. The van der Waals surface area contributed by atoms with Gasteiger partial charge in [-0.1, -0.05) is 24.3 Å². The summed E-state index contributed by atoms with van der Waals surface area (Å²) in [6.45, 7) is -0.145. The van der Waals surface area contributed by atoms with Crippen LogP contribution in [0.1, 0.15) is 21.6 Å². The van der Waals surface area contributed by atoms with Gasteiger partial charge in [-0.05, 0) is 23.8 Å². The number of rotatable bonds is 5. The molecule has 2 heterocycles. The van der Waals surface area contributed by atoms with Crippen LogP contribution in [0.4, 0.5) is 18.0 Å². The second-order valence-electron chi connectivity index (χ2n) is 7.89. The number of amides is 3. The van der Waals surface area contributed by atoms with Crippen molar-refractivity contribution in [3.05, 3.63) is 75.5 Å². The maximum Gasteiger partial charge on any atom is 0.317 e. The number of alkyl halides is 2. The predicted molar refractivity (Wildman–Crippen MR) is 118 cm³/mol. The number of nitrogens with one attached hydrogen (secondary N) is 2. The zero-order valence-corrected chi connectivity index (χ0v) is 18.1. The first-order chi connectivity index (χ1) is 16.3. The maximum absolute atomic E-state index is 14.5. The van der Waals surface area contributed by atoms with Gasteiger partial charge in [-0.25, -0.2) is 23.1 Å². The number of hydrogen-bond acceptors (Lipinski definition) is 4. The molecule has 0 unspecified atom stereocenters. The van der Waals surface area contributed by atoms with Gasteiger partial charge in [0, 0.05) is 38.0 Å². The number of halogens is 3. The second-order valence-corrected chi connectivity index (χ2v) is 7.89. The average Bonchev–Trinajstić information content (AvgIpc) is 2.85. The molecule has 0 bridgehead atoms. The van der Waals surface area contributed by atoms with Crippen molar-refractivity contribution in [1.82, 2.24) is 25.3 Å². The van der Waals surface area contributed by atoms with Gasteiger partial charge in [0.25, 0.3) is 17.9 Å². The first-order valence-electron chi connectivity index (χ1n) is 10.7. The first-order valence-corrected chi connectivity index (χ1v) is 10.7. The van der Waals surface area contributed by atoms with Gasteiger partial charge in [-0.3, -0.25) is 9.59 Å². The van der Waals surface area contributed by atoms with Crippen molar-refractivity contribution < 1.29 is 22.8 Å². The lowest BCUT2D eigenvalue weighted by Gasteiger charge is -2.34. The Balaban J connectivity index is 1.47. The Morgan fingerprint density at radius 1 is 1.03 bits per heavy atom. The van der Waals surface area contributed by atoms with E-state index in [1.54, 1.807) is 30.3 Å². The molecule has 1 aromatic heterocycles. The van der Waals surface area contributed by atoms with Crippen LogP contribution in [0.3, 0.4) is 0 Å². The monoisotopic (exact) mass is 473 g/mol. The summed E-state index contributed by atoms with van der Waals surface area (Å²) in [5.74, 6) is -1.20. The van der Waals surface area contributed by atoms with Crippen molar-refractivity contribution in [3.8, 4) is 0 Å². The van der Waals surface area contributed by atoms with E-state index in [0.717, 1.165) is 0 Å². The molecule has 0 aliphatic carbocycles. The molecular formula is C23H22F3N5O3. The Labute approximate surface area is 192 Å². The zero-order valence-electron chi connectivity index (χ0n) is 18.1. The van der Waals surface area contributed by atoms with Crippen molar-refractivity contribution >= 4 is 22.7 Å². The summed E-state index contributed by atoms with van der Waals surface area (Å²) in [6, 6.07) is 10.6. The number of nitrogens with zero attached hydrogens (tertiary/aromatic N) is 3. The van der Waals surface area contributed by atoms with E-state index >= 15 is 0 Å². The highest BCUT2D eigenvalue weighted by Crippen LogP contribution is 2.20. The van der Waals surface area contributed by atoms with Crippen molar-refractivity contribution in [1.29, 1.82) is 0 Å². The van der Waals surface area contributed by atoms with E-state index in [1.807, 2.05) is 0 Å². The molecule has 1 fully saturated rings. The standard InChI is InChI=1S/C23H22F3N5O3/c24-18-6-5-14(12-19-15-3-1-2-4-16(15)21(32)29-28-19)11-17(18)22(33)30-7-9-31(10-8-30)23(34)27-13-20(25)26/h1-6,11,20H,7-10,12-13H2,(H,27,34)(H,29,32). The van der Waals surface area contributed by atoms with E-state index < -0.39 is 30.7 Å². The Morgan fingerprint density at radius 3 is 2.41 bits per heavy atom. The van der Waals surface area contributed by atoms with Gasteiger partial charge >= 0.3 is 6.03 Å². The SMILES string of the molecule is O=C(NCC(F)F)N1CCN(C(=O)c2cc(Cc3n[nH]c(=O)c4ccccc34)ccc2F)CC1. The van der Waals surface area contributed by atoms with Crippen molar-refractivity contribution in [2.24, 2.45) is 0 Å². The fourth-order valence-corrected chi connectivity index (χ4v) is 3.91. The van der Waals surface area contributed by atoms with Gasteiger partial charge in [0.2, 0.25) is 0 Å². The molecule has 178 valence electrons. The number of aromatic amines is 1. The van der Waals surface area contributed by atoms with Crippen LogP contribution in [0.2, 0.25) is 0 Å². The van der Waals surface area contributed by atoms with Crippen LogP contribution < -0.4 is 10.9 Å². The molecule has 2 N–H and O–H groups in total. The van der Waals surface area contributed by atoms with Gasteiger partial charge in [0.05, 0.1) is 23.2 Å². The summed E-state index contributed by atoms with van der Waals surface area (Å²) in [5, 5.41) is 9.87. The Morgan fingerprint density at radius 2 is 1.71 bits per heavy atom. The van der Waals surface area contributed by atoms with Crippen LogP contribution in [0.25, 0.3) is 10.8 Å². The second kappa shape index (κ2) is 9.94. The average molecular weight is 473 g/mol. The Hall–Kier alpha value is -3.89. The van der Waals surface area contributed by atoms with Gasteiger partial charge in [0.1, 0.15) is 5.82 Å². The van der Waals surface area contributed by atoms with Crippen LogP contribution >= 0.6 is 0 Å². The number of carbonyl (C=O) groups is 2. The van der Waals surface area contributed by atoms with Gasteiger partial charge in [0.15, 0.2) is 0 Å². The van der Waals surface area contributed by atoms with E-state index in [2.05, 4.69) is 15.5 Å². The number of hydrogen-bond donors (Lipinski definition) is 2. The molecular weight excluding hydrogens is 451 g/mol. The number of benzene rings is 2. The molecule has 11 heteroatoms. The summed E-state index contributed by atoms with van der Waals surface area (Å²) in [6.07, 6.45) is -2.37. The van der Waals surface area contributed by atoms with Gasteiger partial charge < -0.3 is 15.1 Å². The predicted octanol–water partition coefficient (Wildman–Crippen LogP) is 2.39. The van der Waals surface area contributed by atoms with Crippen molar-refractivity contribution in [3.63, 3.8) is 0 Å². The highest BCUT2D eigenvalue weighted by Gasteiger charge is 2.27. The third kappa shape index (κ3) is 5.03. The fraction of sp³-hybridized carbons (Fsp3) is 0.304. The van der Waals surface area contributed by atoms with E-state index in [9.17, 15) is 27.6 Å². The highest BCUT2D eigenvalue weighted by atomic mass is 19.3. The molecule has 8 nitrogen and oxygen atoms in total. The lowest BCUT2D eigenvalue weighted by molar-refractivity contribution is 0.0657. The number of urea groups is 1. The van der Waals surface area contributed by atoms with Crippen molar-refractivity contribution in [2.75, 3.05) is 32.7 Å². The Bertz CT molecular complexity index is 1270. The number of H-pyrrole nitrogens is 1. The van der Waals surface area contributed by atoms with Crippen LogP contribution in [0.5, 0.6) is 0 Å². The van der Waals surface area contributed by atoms with Crippen LogP contribution in [0.15, 0.2) is 47.3 Å². The normalized spacial score (nSPS) is 14.0. The summed E-state index contributed by atoms with van der Waals surface area (Å²) >= 11 is 0. The molecule has 1 aliphatic rings. The molecule has 3 aromatic rings. The van der Waals surface area contributed by atoms with E-state index in [0.29, 0.717) is 22.0 Å². The van der Waals surface area contributed by atoms with E-state index in [-0.39, 0.29) is 43.7 Å². The summed E-state index contributed by atoms with van der Waals surface area (Å²) in [4.78, 5) is 39.7. The number of fused-ring (bicyclic) bond motifs is 1. The molecule has 0 spiro atoms. The first kappa shape index (κ1) is 23.3. The molecule has 1 saturated heterocycles. The molecule has 2 aromatic carbocycles. The summed E-state index contributed by atoms with van der Waals surface area (Å²) < 4.78 is 39.1. The van der Waals surface area contributed by atoms with Gasteiger partial charge in [-0.2, -0.15) is 5.10 Å². The number of carbonyl (C=O) groups excluding carboxylic acids is 2. The van der Waals surface area contributed by atoms with E-state index in [1.165, 1.54) is 21.9 Å². The Kier molecular flexibility index (Phi) is 6.80. The zero-order chi connectivity index (χ0) is 24.2. The molecule has 3 amide bonds. The lowest BCUT2D eigenvalue weighted by atomic mass is 10.0. The quantitative estimate of drug-likeness (QED) is 0.595. The largest absolute Gasteiger partial charge is 0.335 e. The topological polar surface area (TPSA) is 98.4 Å². The smallest absolute Gasteiger partial charge is 0.317 e. The van der Waals surface area contributed by atoms with Crippen LogP contribution in [0, 0.1) is 5.82 Å². The van der Waals surface area contributed by atoms with Crippen LogP contribution in [-0.4, -0.2) is 71.1 Å². The molecule has 0 saturated carbocycles. The van der Waals surface area contributed by atoms with Gasteiger partial charge in [-0.15, -0.1) is 0 Å². The lowest BCUT2D eigenvalue weighted by Crippen LogP contribution is -2.53. The van der Waals surface area contributed by atoms with Crippen LogP contribution in [-0.2, 0) is 6.42 Å². The third-order valence-corrected chi connectivity index (χ3v) is 5.67. The maximum atomic E-state index is 14.5. The minimum Gasteiger partial charge on any atom is -0.335 e. The molecule has 34 heavy (non-hydrogen) atoms. The summed E-state index contributed by atoms with van der Waals surface area (Å²) in [7, 11) is 0. The number of aromatic nitrogens is 2.